The summed E-state index contributed by atoms with van der Waals surface area (Å²) >= 11 is 2.75. The molecule has 1 aromatic carbocycles. The highest BCUT2D eigenvalue weighted by Crippen LogP contribution is 2.36. The van der Waals surface area contributed by atoms with Crippen molar-refractivity contribution in [3.63, 3.8) is 0 Å². The molecule has 116 valence electrons. The van der Waals surface area contributed by atoms with Crippen LogP contribution in [0, 0.1) is 0 Å². The highest BCUT2D eigenvalue weighted by molar-refractivity contribution is 9.10. The minimum absolute atomic E-state index is 0.132. The Morgan fingerprint density at radius 3 is 2.48 bits per heavy atom. The van der Waals surface area contributed by atoms with E-state index in [1.54, 1.807) is 0 Å². The van der Waals surface area contributed by atoms with Crippen molar-refractivity contribution in [1.29, 1.82) is 0 Å². The van der Waals surface area contributed by atoms with Gasteiger partial charge in [0.05, 0.1) is 12.1 Å². The lowest BCUT2D eigenvalue weighted by Gasteiger charge is -2.13. The van der Waals surface area contributed by atoms with Gasteiger partial charge in [-0.1, -0.05) is 15.9 Å². The predicted molar refractivity (Wildman–Crippen MR) is 69.8 cm³/mol. The second kappa shape index (κ2) is 6.76. The van der Waals surface area contributed by atoms with Gasteiger partial charge in [-0.15, -0.1) is 0 Å². The summed E-state index contributed by atoms with van der Waals surface area (Å²) in [4.78, 5) is 21.7. The number of carboxylic acid groups (broad SMARTS) is 1. The summed E-state index contributed by atoms with van der Waals surface area (Å²) in [5.41, 5.74) is -1.10. The molecule has 0 heterocycles. The van der Waals surface area contributed by atoms with E-state index in [1.807, 2.05) is 5.32 Å². The SMILES string of the molecule is O=C(NC[C@H](O)C(=O)O)Nc1ccc(Br)c(C(F)(F)F)c1. The van der Waals surface area contributed by atoms with E-state index in [0.717, 1.165) is 12.1 Å². The number of hydrogen-bond donors (Lipinski definition) is 4. The van der Waals surface area contributed by atoms with Crippen LogP contribution in [0.4, 0.5) is 23.7 Å². The van der Waals surface area contributed by atoms with Crippen LogP contribution in [0.15, 0.2) is 22.7 Å². The zero-order valence-electron chi connectivity index (χ0n) is 10.2. The second-order valence-electron chi connectivity index (χ2n) is 3.88. The minimum atomic E-state index is -4.59. The third kappa shape index (κ3) is 5.23. The Hall–Kier alpha value is -1.81. The van der Waals surface area contributed by atoms with E-state index < -0.39 is 36.4 Å². The summed E-state index contributed by atoms with van der Waals surface area (Å²) in [6.45, 7) is -0.580. The summed E-state index contributed by atoms with van der Waals surface area (Å²) in [6, 6.07) is 2.12. The molecule has 0 aliphatic heterocycles. The summed E-state index contributed by atoms with van der Waals surface area (Å²) in [5, 5.41) is 21.4. The van der Waals surface area contributed by atoms with Crippen molar-refractivity contribution in [2.75, 3.05) is 11.9 Å². The van der Waals surface area contributed by atoms with Crippen LogP contribution < -0.4 is 10.6 Å². The Morgan fingerprint density at radius 1 is 1.33 bits per heavy atom. The van der Waals surface area contributed by atoms with Crippen molar-refractivity contribution < 1.29 is 33.0 Å². The number of nitrogens with one attached hydrogen (secondary N) is 2. The average molecular weight is 371 g/mol. The highest BCUT2D eigenvalue weighted by atomic mass is 79.9. The number of hydrogen-bond acceptors (Lipinski definition) is 3. The number of benzene rings is 1. The number of anilines is 1. The van der Waals surface area contributed by atoms with E-state index >= 15 is 0 Å². The van der Waals surface area contributed by atoms with Crippen molar-refractivity contribution in [2.45, 2.75) is 12.3 Å². The van der Waals surface area contributed by atoms with Gasteiger partial charge in [0.25, 0.3) is 0 Å². The molecule has 0 bridgehead atoms. The van der Waals surface area contributed by atoms with Crippen molar-refractivity contribution in [1.82, 2.24) is 5.32 Å². The zero-order valence-corrected chi connectivity index (χ0v) is 11.8. The fourth-order valence-electron chi connectivity index (χ4n) is 1.27. The van der Waals surface area contributed by atoms with Gasteiger partial charge in [0, 0.05) is 10.2 Å². The first-order valence-electron chi connectivity index (χ1n) is 5.43. The van der Waals surface area contributed by atoms with Crippen LogP contribution in [-0.4, -0.2) is 34.9 Å². The topological polar surface area (TPSA) is 98.7 Å². The Labute approximate surface area is 125 Å². The zero-order chi connectivity index (χ0) is 16.2. The summed E-state index contributed by atoms with van der Waals surface area (Å²) < 4.78 is 37.8. The number of aliphatic hydroxyl groups excluding tert-OH is 1. The van der Waals surface area contributed by atoms with Crippen LogP contribution in [0.3, 0.4) is 0 Å². The number of halogens is 4. The number of carboxylic acids is 1. The molecule has 0 aromatic heterocycles. The van der Waals surface area contributed by atoms with E-state index in [0.29, 0.717) is 0 Å². The van der Waals surface area contributed by atoms with Crippen molar-refractivity contribution >= 4 is 33.6 Å². The lowest BCUT2D eigenvalue weighted by Crippen LogP contribution is -2.38. The van der Waals surface area contributed by atoms with Crippen LogP contribution in [0.25, 0.3) is 0 Å². The fraction of sp³-hybridized carbons (Fsp3) is 0.273. The first kappa shape index (κ1) is 17.2. The largest absolute Gasteiger partial charge is 0.479 e. The van der Waals surface area contributed by atoms with Crippen molar-refractivity contribution in [2.24, 2.45) is 0 Å². The molecule has 0 saturated carbocycles. The average Bonchev–Trinajstić information content (AvgIpc) is 2.36. The third-order valence-corrected chi connectivity index (χ3v) is 2.96. The number of carbonyl (C=O) groups excluding carboxylic acids is 1. The first-order chi connectivity index (χ1) is 9.61. The quantitative estimate of drug-likeness (QED) is 0.651. The first-order valence-corrected chi connectivity index (χ1v) is 6.23. The van der Waals surface area contributed by atoms with Crippen LogP contribution in [0.1, 0.15) is 5.56 Å². The molecule has 0 saturated heterocycles. The molecule has 0 radical (unpaired) electrons. The molecule has 0 aliphatic carbocycles. The lowest BCUT2D eigenvalue weighted by atomic mass is 10.2. The van der Waals surface area contributed by atoms with Gasteiger partial charge in [0.2, 0.25) is 0 Å². The molecule has 2 amide bonds. The third-order valence-electron chi connectivity index (χ3n) is 2.27. The number of aliphatic carboxylic acids is 1. The van der Waals surface area contributed by atoms with Crippen LogP contribution >= 0.6 is 15.9 Å². The van der Waals surface area contributed by atoms with E-state index in [1.165, 1.54) is 6.07 Å². The molecule has 10 heteroatoms. The number of carbonyl (C=O) groups is 2. The lowest BCUT2D eigenvalue weighted by molar-refractivity contribution is -0.146. The minimum Gasteiger partial charge on any atom is -0.479 e. The van der Waals surface area contributed by atoms with Crippen molar-refractivity contribution in [3.05, 3.63) is 28.2 Å². The Balaban J connectivity index is 2.71. The maximum Gasteiger partial charge on any atom is 0.417 e. The predicted octanol–water partition coefficient (Wildman–Crippen LogP) is 2.03. The van der Waals surface area contributed by atoms with Crippen molar-refractivity contribution in [3.8, 4) is 0 Å². The summed E-state index contributed by atoms with van der Waals surface area (Å²) in [6.07, 6.45) is -6.39. The Kier molecular flexibility index (Phi) is 5.55. The van der Waals surface area contributed by atoms with Gasteiger partial charge in [-0.2, -0.15) is 13.2 Å². The Bertz CT molecular complexity index is 551. The van der Waals surface area contributed by atoms with Gasteiger partial charge in [-0.05, 0) is 18.2 Å². The fourth-order valence-corrected chi connectivity index (χ4v) is 1.74. The highest BCUT2D eigenvalue weighted by Gasteiger charge is 2.33. The number of amides is 2. The smallest absolute Gasteiger partial charge is 0.417 e. The van der Waals surface area contributed by atoms with Gasteiger partial charge < -0.3 is 20.8 Å². The molecular weight excluding hydrogens is 361 g/mol. The molecule has 21 heavy (non-hydrogen) atoms. The van der Waals surface area contributed by atoms with Gasteiger partial charge in [0.1, 0.15) is 0 Å². The molecule has 4 N–H and O–H groups in total. The number of alkyl halides is 3. The van der Waals surface area contributed by atoms with Gasteiger partial charge in [-0.25, -0.2) is 9.59 Å². The normalized spacial score (nSPS) is 12.6. The van der Waals surface area contributed by atoms with E-state index in [2.05, 4.69) is 21.2 Å². The van der Waals surface area contributed by atoms with E-state index in [9.17, 15) is 22.8 Å². The van der Waals surface area contributed by atoms with Crippen LogP contribution in [0.2, 0.25) is 0 Å². The molecule has 0 aliphatic rings. The standard InChI is InChI=1S/C11H10BrF3N2O4/c12-7-2-1-5(3-6(7)11(13,14)15)17-10(21)16-4-8(18)9(19)20/h1-3,8,18H,4H2,(H,19,20)(H2,16,17,21)/t8-/m0/s1. The summed E-state index contributed by atoms with van der Waals surface area (Å²) in [7, 11) is 0. The second-order valence-corrected chi connectivity index (χ2v) is 4.74. The molecule has 1 atom stereocenters. The van der Waals surface area contributed by atoms with Crippen LogP contribution in [-0.2, 0) is 11.0 Å². The van der Waals surface area contributed by atoms with Gasteiger partial charge >= 0.3 is 18.2 Å². The van der Waals surface area contributed by atoms with E-state index in [4.69, 9.17) is 10.2 Å². The number of urea groups is 1. The maximum atomic E-state index is 12.7. The Morgan fingerprint density at radius 2 is 1.95 bits per heavy atom. The maximum absolute atomic E-state index is 12.7. The summed E-state index contributed by atoms with van der Waals surface area (Å²) in [5.74, 6) is -1.53. The number of aliphatic hydroxyl groups is 1. The monoisotopic (exact) mass is 370 g/mol. The molecule has 0 unspecified atom stereocenters. The van der Waals surface area contributed by atoms with Gasteiger partial charge in [0.15, 0.2) is 6.10 Å². The van der Waals surface area contributed by atoms with E-state index in [-0.39, 0.29) is 10.2 Å². The molecule has 1 aromatic rings. The molecule has 0 spiro atoms. The number of rotatable bonds is 4. The molecule has 1 rings (SSSR count). The van der Waals surface area contributed by atoms with Crippen LogP contribution in [0.5, 0.6) is 0 Å². The molecule has 0 fully saturated rings. The van der Waals surface area contributed by atoms with Gasteiger partial charge in [-0.3, -0.25) is 0 Å². The molecule has 6 nitrogen and oxygen atoms in total. The molecular formula is C11H10BrF3N2O4.